The van der Waals surface area contributed by atoms with Gasteiger partial charge in [-0.2, -0.15) is 5.10 Å². The summed E-state index contributed by atoms with van der Waals surface area (Å²) in [6.07, 6.45) is 0.143. The van der Waals surface area contributed by atoms with Gasteiger partial charge in [0.25, 0.3) is 5.91 Å². The van der Waals surface area contributed by atoms with Gasteiger partial charge in [0.15, 0.2) is 11.5 Å². The fourth-order valence-corrected chi connectivity index (χ4v) is 3.04. The molecule has 0 aromatic heterocycles. The van der Waals surface area contributed by atoms with Crippen LogP contribution in [0.4, 0.5) is 5.69 Å². The van der Waals surface area contributed by atoms with Crippen LogP contribution in [0.15, 0.2) is 77.9 Å². The number of rotatable bonds is 8. The lowest BCUT2D eigenvalue weighted by Crippen LogP contribution is -2.21. The first kappa shape index (κ1) is 22.6. The molecule has 7 nitrogen and oxygen atoms in total. The SMILES string of the molecule is COc1ccc(CC(=O)N/N=C(/C)c2cccc(NC(=O)c3ccccc3)c2)cc1OC. The molecular formula is C25H25N3O4. The van der Waals surface area contributed by atoms with Crippen LogP contribution in [0, 0.1) is 0 Å². The molecule has 0 bridgehead atoms. The van der Waals surface area contributed by atoms with Gasteiger partial charge in [-0.05, 0) is 54.4 Å². The molecule has 0 unspecified atom stereocenters. The highest BCUT2D eigenvalue weighted by atomic mass is 16.5. The lowest BCUT2D eigenvalue weighted by molar-refractivity contribution is -0.120. The lowest BCUT2D eigenvalue weighted by Gasteiger charge is -2.09. The number of ether oxygens (including phenoxy) is 2. The van der Waals surface area contributed by atoms with Gasteiger partial charge in [-0.1, -0.05) is 36.4 Å². The molecule has 164 valence electrons. The van der Waals surface area contributed by atoms with Crippen LogP contribution in [0.1, 0.15) is 28.4 Å². The maximum atomic E-state index is 12.4. The number of nitrogens with one attached hydrogen (secondary N) is 2. The summed E-state index contributed by atoms with van der Waals surface area (Å²) in [4.78, 5) is 24.7. The first-order valence-electron chi connectivity index (χ1n) is 10.0. The summed E-state index contributed by atoms with van der Waals surface area (Å²) in [6, 6.07) is 21.6. The van der Waals surface area contributed by atoms with Crippen molar-refractivity contribution in [1.82, 2.24) is 5.43 Å². The normalized spacial score (nSPS) is 10.9. The van der Waals surface area contributed by atoms with Gasteiger partial charge in [-0.3, -0.25) is 9.59 Å². The van der Waals surface area contributed by atoms with Gasteiger partial charge >= 0.3 is 0 Å². The van der Waals surface area contributed by atoms with Crippen molar-refractivity contribution in [3.63, 3.8) is 0 Å². The average Bonchev–Trinajstić information content (AvgIpc) is 2.83. The molecule has 32 heavy (non-hydrogen) atoms. The molecule has 2 amide bonds. The molecule has 0 saturated heterocycles. The molecule has 0 aliphatic rings. The largest absolute Gasteiger partial charge is 0.493 e. The van der Waals surface area contributed by atoms with Crippen LogP contribution in [0.5, 0.6) is 11.5 Å². The number of hydrogen-bond donors (Lipinski definition) is 2. The van der Waals surface area contributed by atoms with Crippen molar-refractivity contribution in [2.45, 2.75) is 13.3 Å². The van der Waals surface area contributed by atoms with Crippen LogP contribution in [0.2, 0.25) is 0 Å². The van der Waals surface area contributed by atoms with Gasteiger partial charge in [0.1, 0.15) is 0 Å². The van der Waals surface area contributed by atoms with Gasteiger partial charge in [0, 0.05) is 11.3 Å². The molecule has 0 spiro atoms. The van der Waals surface area contributed by atoms with E-state index in [0.717, 1.165) is 11.1 Å². The highest BCUT2D eigenvalue weighted by Gasteiger charge is 2.09. The van der Waals surface area contributed by atoms with E-state index >= 15 is 0 Å². The Labute approximate surface area is 187 Å². The first-order valence-corrected chi connectivity index (χ1v) is 10.0. The van der Waals surface area contributed by atoms with Gasteiger partial charge in [0.05, 0.1) is 26.4 Å². The highest BCUT2D eigenvalue weighted by molar-refractivity contribution is 6.05. The number of hydrazone groups is 1. The van der Waals surface area contributed by atoms with Crippen LogP contribution in [-0.2, 0) is 11.2 Å². The van der Waals surface area contributed by atoms with E-state index in [-0.39, 0.29) is 18.2 Å². The lowest BCUT2D eigenvalue weighted by atomic mass is 10.1. The zero-order valence-electron chi connectivity index (χ0n) is 18.2. The number of anilines is 1. The van der Waals surface area contributed by atoms with E-state index in [4.69, 9.17) is 9.47 Å². The molecule has 3 aromatic rings. The average molecular weight is 431 g/mol. The second-order valence-corrected chi connectivity index (χ2v) is 7.00. The zero-order chi connectivity index (χ0) is 22.9. The van der Waals surface area contributed by atoms with Gasteiger partial charge in [-0.15, -0.1) is 0 Å². The van der Waals surface area contributed by atoms with Gasteiger partial charge < -0.3 is 14.8 Å². The highest BCUT2D eigenvalue weighted by Crippen LogP contribution is 2.27. The Balaban J connectivity index is 1.63. The third-order valence-electron chi connectivity index (χ3n) is 4.74. The van der Waals surface area contributed by atoms with E-state index in [2.05, 4.69) is 15.8 Å². The first-order chi connectivity index (χ1) is 15.5. The van der Waals surface area contributed by atoms with E-state index in [1.807, 2.05) is 30.3 Å². The maximum absolute atomic E-state index is 12.4. The third-order valence-corrected chi connectivity index (χ3v) is 4.74. The van der Waals surface area contributed by atoms with E-state index < -0.39 is 0 Å². The molecule has 0 aliphatic carbocycles. The molecular weight excluding hydrogens is 406 g/mol. The van der Waals surface area contributed by atoms with Crippen molar-refractivity contribution in [3.8, 4) is 11.5 Å². The number of carbonyl (C=O) groups excluding carboxylic acids is 2. The Morgan fingerprint density at radius 2 is 1.56 bits per heavy atom. The standard InChI is InChI=1S/C25H25N3O4/c1-17(27-28-24(29)15-18-12-13-22(31-2)23(14-18)32-3)20-10-7-11-21(16-20)26-25(30)19-8-5-4-6-9-19/h4-14,16H,15H2,1-3H3,(H,26,30)(H,28,29)/b27-17-. The van der Waals surface area contributed by atoms with Crippen molar-refractivity contribution in [2.75, 3.05) is 19.5 Å². The van der Waals surface area contributed by atoms with Gasteiger partial charge in [-0.25, -0.2) is 5.43 Å². The third kappa shape index (κ3) is 5.95. The van der Waals surface area contributed by atoms with E-state index in [9.17, 15) is 9.59 Å². The topological polar surface area (TPSA) is 89.0 Å². The molecule has 3 aromatic carbocycles. The maximum Gasteiger partial charge on any atom is 0.255 e. The predicted molar refractivity (Wildman–Crippen MR) is 124 cm³/mol. The molecule has 0 atom stereocenters. The summed E-state index contributed by atoms with van der Waals surface area (Å²) in [5, 5.41) is 7.06. The summed E-state index contributed by atoms with van der Waals surface area (Å²) in [6.45, 7) is 1.79. The molecule has 0 aliphatic heterocycles. The fraction of sp³-hybridized carbons (Fsp3) is 0.160. The molecule has 0 saturated carbocycles. The quantitative estimate of drug-likeness (QED) is 0.416. The molecule has 0 radical (unpaired) electrons. The predicted octanol–water partition coefficient (Wildman–Crippen LogP) is 4.04. The molecule has 0 fully saturated rings. The van der Waals surface area contributed by atoms with E-state index in [1.165, 1.54) is 0 Å². The molecule has 3 rings (SSSR count). The number of methoxy groups -OCH3 is 2. The number of amides is 2. The number of benzene rings is 3. The second-order valence-electron chi connectivity index (χ2n) is 7.00. The van der Waals surface area contributed by atoms with Crippen LogP contribution < -0.4 is 20.2 Å². The Kier molecular flexibility index (Phi) is 7.59. The summed E-state index contributed by atoms with van der Waals surface area (Å²) in [5.74, 6) is 0.710. The number of carbonyl (C=O) groups is 2. The monoisotopic (exact) mass is 431 g/mol. The molecule has 7 heteroatoms. The summed E-state index contributed by atoms with van der Waals surface area (Å²) in [5.41, 5.74) is 5.96. The smallest absolute Gasteiger partial charge is 0.255 e. The minimum Gasteiger partial charge on any atom is -0.493 e. The van der Waals surface area contributed by atoms with Crippen molar-refractivity contribution in [3.05, 3.63) is 89.5 Å². The molecule has 2 N–H and O–H groups in total. The summed E-state index contributed by atoms with van der Waals surface area (Å²) in [7, 11) is 3.11. The Hall–Kier alpha value is -4.13. The fourth-order valence-electron chi connectivity index (χ4n) is 3.04. The molecule has 0 heterocycles. The summed E-state index contributed by atoms with van der Waals surface area (Å²) >= 11 is 0. The van der Waals surface area contributed by atoms with Crippen molar-refractivity contribution in [2.24, 2.45) is 5.10 Å². The van der Waals surface area contributed by atoms with Crippen molar-refractivity contribution < 1.29 is 19.1 Å². The minimum atomic E-state index is -0.259. The van der Waals surface area contributed by atoms with Crippen LogP contribution in [-0.4, -0.2) is 31.7 Å². The minimum absolute atomic E-state index is 0.143. The van der Waals surface area contributed by atoms with Crippen LogP contribution in [0.3, 0.4) is 0 Å². The zero-order valence-corrected chi connectivity index (χ0v) is 18.2. The summed E-state index contributed by atoms with van der Waals surface area (Å²) < 4.78 is 10.5. The van der Waals surface area contributed by atoms with Crippen molar-refractivity contribution in [1.29, 1.82) is 0 Å². The van der Waals surface area contributed by atoms with Crippen LogP contribution >= 0.6 is 0 Å². The van der Waals surface area contributed by atoms with Crippen LogP contribution in [0.25, 0.3) is 0 Å². The Bertz CT molecular complexity index is 1130. The Morgan fingerprint density at radius 3 is 2.28 bits per heavy atom. The van der Waals surface area contributed by atoms with Gasteiger partial charge in [0.2, 0.25) is 5.91 Å². The Morgan fingerprint density at radius 1 is 0.844 bits per heavy atom. The number of nitrogens with zero attached hydrogens (tertiary/aromatic N) is 1. The van der Waals surface area contributed by atoms with E-state index in [1.54, 1.807) is 63.6 Å². The number of hydrogen-bond acceptors (Lipinski definition) is 5. The van der Waals surface area contributed by atoms with Crippen molar-refractivity contribution >= 4 is 23.2 Å². The van der Waals surface area contributed by atoms with E-state index in [0.29, 0.717) is 28.5 Å². The second kappa shape index (κ2) is 10.8.